The highest BCUT2D eigenvalue weighted by Crippen LogP contribution is 2.30. The summed E-state index contributed by atoms with van der Waals surface area (Å²) in [5.74, 6) is -0.322. The molecule has 1 fully saturated rings. The molecule has 1 aromatic rings. The van der Waals surface area contributed by atoms with Gasteiger partial charge in [0, 0.05) is 30.1 Å². The molecule has 2 nitrogen and oxygen atoms in total. The van der Waals surface area contributed by atoms with Crippen molar-refractivity contribution in [2.75, 3.05) is 19.6 Å². The highest BCUT2D eigenvalue weighted by Gasteiger charge is 2.33. The van der Waals surface area contributed by atoms with E-state index >= 15 is 0 Å². The number of hydrogen-bond donors (Lipinski definition) is 1. The van der Waals surface area contributed by atoms with Crippen molar-refractivity contribution in [1.29, 1.82) is 0 Å². The topological polar surface area (TPSA) is 23.5 Å². The molecule has 1 heterocycles. The second-order valence-electron chi connectivity index (χ2n) is 5.44. The minimum Gasteiger partial charge on any atom is -0.389 e. The Kier molecular flexibility index (Phi) is 4.82. The lowest BCUT2D eigenvalue weighted by molar-refractivity contribution is -0.0210. The van der Waals surface area contributed by atoms with Gasteiger partial charge in [0.05, 0.1) is 5.60 Å². The molecule has 0 bridgehead atoms. The Morgan fingerprint density at radius 3 is 2.63 bits per heavy atom. The van der Waals surface area contributed by atoms with Gasteiger partial charge in [0.2, 0.25) is 0 Å². The lowest BCUT2D eigenvalue weighted by atomic mass is 9.85. The first-order valence-electron chi connectivity index (χ1n) is 6.92. The summed E-state index contributed by atoms with van der Waals surface area (Å²) in [4.78, 5) is 2.34. The third kappa shape index (κ3) is 3.68. The van der Waals surface area contributed by atoms with Gasteiger partial charge in [0.1, 0.15) is 5.82 Å². The normalized spacial score (nSPS) is 19.6. The first kappa shape index (κ1) is 14.8. The molecule has 19 heavy (non-hydrogen) atoms. The second kappa shape index (κ2) is 6.21. The van der Waals surface area contributed by atoms with E-state index in [1.807, 2.05) is 0 Å². The fourth-order valence-corrected chi connectivity index (χ4v) is 2.95. The van der Waals surface area contributed by atoms with Crippen LogP contribution in [0.15, 0.2) is 18.2 Å². The SMILES string of the molecule is CCCN1CCC(O)(Cc2c(F)cccc2Cl)CC1. The van der Waals surface area contributed by atoms with Gasteiger partial charge in [-0.25, -0.2) is 4.39 Å². The van der Waals surface area contributed by atoms with Crippen LogP contribution in [0, 0.1) is 5.82 Å². The first-order chi connectivity index (χ1) is 9.04. The summed E-state index contributed by atoms with van der Waals surface area (Å²) in [6.45, 7) is 4.96. The molecule has 1 aliphatic rings. The first-order valence-corrected chi connectivity index (χ1v) is 7.29. The lowest BCUT2D eigenvalue weighted by Gasteiger charge is -2.38. The van der Waals surface area contributed by atoms with Crippen LogP contribution in [0.3, 0.4) is 0 Å². The Morgan fingerprint density at radius 1 is 1.37 bits per heavy atom. The summed E-state index contributed by atoms with van der Waals surface area (Å²) < 4.78 is 13.8. The Hall–Kier alpha value is -0.640. The average molecular weight is 286 g/mol. The van der Waals surface area contributed by atoms with Crippen molar-refractivity contribution in [3.8, 4) is 0 Å². The van der Waals surface area contributed by atoms with Crippen molar-refractivity contribution < 1.29 is 9.50 Å². The molecular weight excluding hydrogens is 265 g/mol. The molecule has 4 heteroatoms. The van der Waals surface area contributed by atoms with Gasteiger partial charge in [-0.3, -0.25) is 0 Å². The zero-order valence-corrected chi connectivity index (χ0v) is 12.1. The standard InChI is InChI=1S/C15H21ClFNO/c1-2-8-18-9-6-15(19,7-10-18)11-12-13(16)4-3-5-14(12)17/h3-5,19H,2,6-11H2,1H3. The maximum atomic E-state index is 13.8. The van der Waals surface area contributed by atoms with Crippen LogP contribution in [0.4, 0.5) is 4.39 Å². The van der Waals surface area contributed by atoms with Gasteiger partial charge in [-0.15, -0.1) is 0 Å². The molecule has 1 N–H and O–H groups in total. The molecule has 0 atom stereocenters. The van der Waals surface area contributed by atoms with Gasteiger partial charge in [0.25, 0.3) is 0 Å². The number of hydrogen-bond acceptors (Lipinski definition) is 2. The molecule has 1 aliphatic heterocycles. The van der Waals surface area contributed by atoms with Crippen LogP contribution in [0.1, 0.15) is 31.7 Å². The second-order valence-corrected chi connectivity index (χ2v) is 5.85. The van der Waals surface area contributed by atoms with E-state index in [2.05, 4.69) is 11.8 Å². The summed E-state index contributed by atoms with van der Waals surface area (Å²) >= 11 is 6.03. The highest BCUT2D eigenvalue weighted by atomic mass is 35.5. The highest BCUT2D eigenvalue weighted by molar-refractivity contribution is 6.31. The third-order valence-electron chi connectivity index (χ3n) is 3.89. The summed E-state index contributed by atoms with van der Waals surface area (Å²) in [5, 5.41) is 11.0. The van der Waals surface area contributed by atoms with Crippen molar-refractivity contribution >= 4 is 11.6 Å². The van der Waals surface area contributed by atoms with Crippen LogP contribution in [0.2, 0.25) is 5.02 Å². The molecule has 0 aliphatic carbocycles. The van der Waals surface area contributed by atoms with Gasteiger partial charge in [-0.05, 0) is 37.9 Å². The third-order valence-corrected chi connectivity index (χ3v) is 4.25. The molecule has 2 rings (SSSR count). The molecule has 0 spiro atoms. The lowest BCUT2D eigenvalue weighted by Crippen LogP contribution is -2.46. The molecule has 0 radical (unpaired) electrons. The summed E-state index contributed by atoms with van der Waals surface area (Å²) in [7, 11) is 0. The van der Waals surface area contributed by atoms with Gasteiger partial charge in [-0.2, -0.15) is 0 Å². The van der Waals surface area contributed by atoms with Gasteiger partial charge >= 0.3 is 0 Å². The van der Waals surface area contributed by atoms with Crippen LogP contribution in [0.5, 0.6) is 0 Å². The monoisotopic (exact) mass is 285 g/mol. The van der Waals surface area contributed by atoms with E-state index in [1.54, 1.807) is 12.1 Å². The number of likely N-dealkylation sites (tertiary alicyclic amines) is 1. The quantitative estimate of drug-likeness (QED) is 0.918. The van der Waals surface area contributed by atoms with Crippen LogP contribution >= 0.6 is 11.6 Å². The average Bonchev–Trinajstić information content (AvgIpc) is 2.38. The Morgan fingerprint density at radius 2 is 2.05 bits per heavy atom. The number of aliphatic hydroxyl groups is 1. The molecule has 0 amide bonds. The summed E-state index contributed by atoms with van der Waals surface area (Å²) in [6, 6.07) is 4.67. The van der Waals surface area contributed by atoms with Gasteiger partial charge in [0.15, 0.2) is 0 Å². The molecule has 106 valence electrons. The van der Waals surface area contributed by atoms with E-state index in [0.717, 1.165) is 26.1 Å². The van der Waals surface area contributed by atoms with E-state index in [-0.39, 0.29) is 5.82 Å². The van der Waals surface area contributed by atoms with Gasteiger partial charge in [-0.1, -0.05) is 24.6 Å². The molecule has 1 saturated heterocycles. The van der Waals surface area contributed by atoms with Crippen molar-refractivity contribution in [2.24, 2.45) is 0 Å². The minimum atomic E-state index is -0.823. The number of piperidine rings is 1. The minimum absolute atomic E-state index is 0.304. The predicted molar refractivity (Wildman–Crippen MR) is 76.0 cm³/mol. The molecule has 0 aromatic heterocycles. The fourth-order valence-electron chi connectivity index (χ4n) is 2.72. The zero-order chi connectivity index (χ0) is 13.9. The van der Waals surface area contributed by atoms with E-state index < -0.39 is 5.60 Å². The van der Waals surface area contributed by atoms with E-state index in [9.17, 15) is 9.50 Å². The number of halogens is 2. The smallest absolute Gasteiger partial charge is 0.127 e. The number of rotatable bonds is 4. The molecular formula is C15H21ClFNO. The summed E-state index contributed by atoms with van der Waals surface area (Å²) in [6.07, 6.45) is 2.78. The van der Waals surface area contributed by atoms with Crippen molar-refractivity contribution in [1.82, 2.24) is 4.90 Å². The Bertz CT molecular complexity index is 410. The van der Waals surface area contributed by atoms with E-state index in [4.69, 9.17) is 11.6 Å². The van der Waals surface area contributed by atoms with Crippen LogP contribution in [0.25, 0.3) is 0 Å². The molecule has 0 saturated carbocycles. The summed E-state index contributed by atoms with van der Waals surface area (Å²) in [5.41, 5.74) is -0.383. The maximum Gasteiger partial charge on any atom is 0.127 e. The van der Waals surface area contributed by atoms with E-state index in [0.29, 0.717) is 29.8 Å². The predicted octanol–water partition coefficient (Wildman–Crippen LogP) is 3.26. The van der Waals surface area contributed by atoms with Crippen molar-refractivity contribution in [3.05, 3.63) is 34.6 Å². The Balaban J connectivity index is 2.03. The number of nitrogens with zero attached hydrogens (tertiary/aromatic N) is 1. The van der Waals surface area contributed by atoms with Crippen molar-refractivity contribution in [3.63, 3.8) is 0 Å². The number of benzene rings is 1. The fraction of sp³-hybridized carbons (Fsp3) is 0.600. The Labute approximate surface area is 119 Å². The van der Waals surface area contributed by atoms with Crippen LogP contribution in [-0.4, -0.2) is 35.2 Å². The molecule has 1 aromatic carbocycles. The zero-order valence-electron chi connectivity index (χ0n) is 11.3. The van der Waals surface area contributed by atoms with Crippen molar-refractivity contribution in [2.45, 2.75) is 38.2 Å². The maximum absolute atomic E-state index is 13.8. The van der Waals surface area contributed by atoms with Crippen LogP contribution in [-0.2, 0) is 6.42 Å². The van der Waals surface area contributed by atoms with Crippen LogP contribution < -0.4 is 0 Å². The largest absolute Gasteiger partial charge is 0.389 e. The molecule has 0 unspecified atom stereocenters. The van der Waals surface area contributed by atoms with E-state index in [1.165, 1.54) is 6.07 Å². The van der Waals surface area contributed by atoms with Gasteiger partial charge < -0.3 is 10.0 Å².